The highest BCUT2D eigenvalue weighted by atomic mass is 16.4. The first-order valence-corrected chi connectivity index (χ1v) is 2.87. The van der Waals surface area contributed by atoms with Crippen molar-refractivity contribution in [2.24, 2.45) is 10.9 Å². The summed E-state index contributed by atoms with van der Waals surface area (Å²) in [6, 6.07) is 2.95. The van der Waals surface area contributed by atoms with Gasteiger partial charge in [0.25, 0.3) is 0 Å². The van der Waals surface area contributed by atoms with Gasteiger partial charge in [-0.25, -0.2) is 4.98 Å². The van der Waals surface area contributed by atoms with Crippen molar-refractivity contribution in [3.8, 4) is 5.75 Å². The molecule has 5 heteroatoms. The molecule has 1 heterocycles. The first-order valence-electron chi connectivity index (χ1n) is 2.87. The van der Waals surface area contributed by atoms with Crippen LogP contribution in [-0.4, -0.2) is 21.1 Å². The first kappa shape index (κ1) is 7.33. The highest BCUT2D eigenvalue weighted by Gasteiger charge is 2.04. The third kappa shape index (κ3) is 1.37. The molecule has 0 bridgehead atoms. The van der Waals surface area contributed by atoms with Crippen molar-refractivity contribution in [3.63, 3.8) is 0 Å². The number of nitrogens with two attached hydrogens (primary N) is 1. The number of hydrogen-bond acceptors (Lipinski definition) is 4. The first-order chi connectivity index (χ1) is 5.25. The van der Waals surface area contributed by atoms with E-state index in [-0.39, 0.29) is 17.3 Å². The number of pyridine rings is 1. The van der Waals surface area contributed by atoms with Crippen LogP contribution < -0.4 is 5.73 Å². The third-order valence-corrected chi connectivity index (χ3v) is 1.14. The fraction of sp³-hybridized carbons (Fsp3) is 0. The van der Waals surface area contributed by atoms with Crippen LogP contribution in [0.15, 0.2) is 23.5 Å². The molecule has 0 spiro atoms. The lowest BCUT2D eigenvalue weighted by atomic mass is 10.3. The van der Waals surface area contributed by atoms with Crippen LogP contribution in [0.5, 0.6) is 5.75 Å². The van der Waals surface area contributed by atoms with E-state index in [0.29, 0.717) is 0 Å². The van der Waals surface area contributed by atoms with Gasteiger partial charge in [-0.05, 0) is 12.1 Å². The maximum atomic E-state index is 9.08. The van der Waals surface area contributed by atoms with Gasteiger partial charge in [-0.1, -0.05) is 5.16 Å². The van der Waals surface area contributed by atoms with E-state index in [9.17, 15) is 0 Å². The number of amidine groups is 1. The van der Waals surface area contributed by atoms with Crippen LogP contribution in [0.25, 0.3) is 0 Å². The van der Waals surface area contributed by atoms with Crippen molar-refractivity contribution >= 4 is 5.84 Å². The van der Waals surface area contributed by atoms with Crippen LogP contribution in [0.1, 0.15) is 5.69 Å². The summed E-state index contributed by atoms with van der Waals surface area (Å²) >= 11 is 0. The number of oxime groups is 1. The molecule has 0 unspecified atom stereocenters. The second kappa shape index (κ2) is 2.87. The zero-order chi connectivity index (χ0) is 8.27. The molecule has 0 radical (unpaired) electrons. The Balaban J connectivity index is 3.14. The highest BCUT2D eigenvalue weighted by molar-refractivity contribution is 5.97. The van der Waals surface area contributed by atoms with Gasteiger partial charge >= 0.3 is 0 Å². The maximum absolute atomic E-state index is 9.08. The average molecular weight is 153 g/mol. The Morgan fingerprint density at radius 2 is 2.36 bits per heavy atom. The molecular formula is C6H7N3O2. The van der Waals surface area contributed by atoms with Gasteiger partial charge in [-0.2, -0.15) is 0 Å². The molecule has 58 valence electrons. The Kier molecular flexibility index (Phi) is 1.91. The van der Waals surface area contributed by atoms with E-state index < -0.39 is 0 Å². The average Bonchev–Trinajstić information content (AvgIpc) is 2.04. The van der Waals surface area contributed by atoms with Gasteiger partial charge in [0, 0.05) is 6.20 Å². The van der Waals surface area contributed by atoms with E-state index in [2.05, 4.69) is 10.1 Å². The zero-order valence-corrected chi connectivity index (χ0v) is 5.60. The normalized spacial score (nSPS) is 11.5. The van der Waals surface area contributed by atoms with Crippen LogP contribution in [-0.2, 0) is 0 Å². The molecule has 1 aromatic rings. The second-order valence-electron chi connectivity index (χ2n) is 1.86. The van der Waals surface area contributed by atoms with E-state index in [1.807, 2.05) is 0 Å². The third-order valence-electron chi connectivity index (χ3n) is 1.14. The summed E-state index contributed by atoms with van der Waals surface area (Å²) in [6.07, 6.45) is 1.44. The second-order valence-corrected chi connectivity index (χ2v) is 1.86. The number of nitrogens with zero attached hydrogens (tertiary/aromatic N) is 2. The van der Waals surface area contributed by atoms with E-state index in [0.717, 1.165) is 0 Å². The quantitative estimate of drug-likeness (QED) is 0.227. The molecule has 0 aliphatic rings. The Bertz CT molecular complexity index is 285. The van der Waals surface area contributed by atoms with Crippen LogP contribution >= 0.6 is 0 Å². The topological polar surface area (TPSA) is 91.7 Å². The minimum absolute atomic E-state index is 0.0787. The lowest BCUT2D eigenvalue weighted by Gasteiger charge is -1.98. The van der Waals surface area contributed by atoms with Crippen molar-refractivity contribution < 1.29 is 10.3 Å². The van der Waals surface area contributed by atoms with Gasteiger partial charge in [-0.3, -0.25) is 0 Å². The van der Waals surface area contributed by atoms with Gasteiger partial charge < -0.3 is 16.0 Å². The van der Waals surface area contributed by atoms with E-state index in [4.69, 9.17) is 16.0 Å². The summed E-state index contributed by atoms with van der Waals surface area (Å²) in [5.74, 6) is -0.314. The summed E-state index contributed by atoms with van der Waals surface area (Å²) in [5, 5.41) is 20.0. The molecular weight excluding hydrogens is 146 g/mol. The van der Waals surface area contributed by atoms with E-state index >= 15 is 0 Å². The lowest BCUT2D eigenvalue weighted by Crippen LogP contribution is -2.14. The Hall–Kier alpha value is -1.78. The van der Waals surface area contributed by atoms with Gasteiger partial charge in [0.1, 0.15) is 5.75 Å². The number of aromatic hydroxyl groups is 1. The maximum Gasteiger partial charge on any atom is 0.192 e. The summed E-state index contributed by atoms with van der Waals surface area (Å²) in [5.41, 5.74) is 5.25. The summed E-state index contributed by atoms with van der Waals surface area (Å²) in [7, 11) is 0. The van der Waals surface area contributed by atoms with Crippen LogP contribution in [0.4, 0.5) is 0 Å². The number of rotatable bonds is 1. The van der Waals surface area contributed by atoms with Crippen molar-refractivity contribution in [2.75, 3.05) is 0 Å². The Morgan fingerprint density at radius 1 is 1.64 bits per heavy atom. The van der Waals surface area contributed by atoms with Gasteiger partial charge in [-0.15, -0.1) is 0 Å². The molecule has 0 fully saturated rings. The predicted octanol–water partition coefficient (Wildman–Crippen LogP) is -0.118. The Labute approximate surface area is 62.8 Å². The highest BCUT2D eigenvalue weighted by Crippen LogP contribution is 2.11. The smallest absolute Gasteiger partial charge is 0.192 e. The van der Waals surface area contributed by atoms with E-state index in [1.165, 1.54) is 12.3 Å². The molecule has 0 atom stereocenters. The number of aromatic nitrogens is 1. The zero-order valence-electron chi connectivity index (χ0n) is 5.60. The van der Waals surface area contributed by atoms with Crippen LogP contribution in [0.2, 0.25) is 0 Å². The van der Waals surface area contributed by atoms with Crippen LogP contribution in [0, 0.1) is 0 Å². The Morgan fingerprint density at radius 3 is 2.91 bits per heavy atom. The number of hydrogen-bond donors (Lipinski definition) is 3. The van der Waals surface area contributed by atoms with Crippen molar-refractivity contribution in [3.05, 3.63) is 24.0 Å². The van der Waals surface area contributed by atoms with Crippen molar-refractivity contribution in [1.29, 1.82) is 0 Å². The molecule has 0 saturated heterocycles. The molecule has 1 rings (SSSR count). The molecule has 1 aromatic heterocycles. The van der Waals surface area contributed by atoms with Crippen LogP contribution in [0.3, 0.4) is 0 Å². The molecule has 4 N–H and O–H groups in total. The van der Waals surface area contributed by atoms with Crippen molar-refractivity contribution in [2.45, 2.75) is 0 Å². The fourth-order valence-corrected chi connectivity index (χ4v) is 0.642. The SMILES string of the molecule is N/C(=N\O)c1ncccc1O. The predicted molar refractivity (Wildman–Crippen MR) is 38.4 cm³/mol. The summed E-state index contributed by atoms with van der Waals surface area (Å²) in [4.78, 5) is 3.68. The van der Waals surface area contributed by atoms with Crippen molar-refractivity contribution in [1.82, 2.24) is 4.98 Å². The largest absolute Gasteiger partial charge is 0.506 e. The molecule has 0 saturated carbocycles. The molecule has 0 aliphatic heterocycles. The lowest BCUT2D eigenvalue weighted by molar-refractivity contribution is 0.318. The molecule has 0 aliphatic carbocycles. The van der Waals surface area contributed by atoms with Gasteiger partial charge in [0.2, 0.25) is 0 Å². The standard InChI is InChI=1S/C6H7N3O2/c7-6(9-11)5-4(10)2-1-3-8-5/h1-3,10-11H,(H2,7,9). The van der Waals surface area contributed by atoms with Gasteiger partial charge in [0.15, 0.2) is 11.5 Å². The minimum Gasteiger partial charge on any atom is -0.506 e. The molecule has 11 heavy (non-hydrogen) atoms. The minimum atomic E-state index is -0.205. The summed E-state index contributed by atoms with van der Waals surface area (Å²) in [6.45, 7) is 0. The molecule has 0 amide bonds. The van der Waals surface area contributed by atoms with E-state index in [1.54, 1.807) is 6.07 Å². The molecule has 5 nitrogen and oxygen atoms in total. The fourth-order valence-electron chi connectivity index (χ4n) is 0.642. The summed E-state index contributed by atoms with van der Waals surface area (Å²) < 4.78 is 0. The molecule has 0 aromatic carbocycles. The van der Waals surface area contributed by atoms with Gasteiger partial charge in [0.05, 0.1) is 0 Å². The monoisotopic (exact) mass is 153 g/mol.